The predicted molar refractivity (Wildman–Crippen MR) is 104 cm³/mol. The Morgan fingerprint density at radius 2 is 1.85 bits per heavy atom. The van der Waals surface area contributed by atoms with Gasteiger partial charge in [0.2, 0.25) is 5.65 Å². The zero-order valence-corrected chi connectivity index (χ0v) is 15.1. The highest BCUT2D eigenvalue weighted by Gasteiger charge is 2.11. The molecule has 27 heavy (non-hydrogen) atoms. The van der Waals surface area contributed by atoms with Gasteiger partial charge in [-0.15, -0.1) is 0 Å². The Kier molecular flexibility index (Phi) is 4.38. The van der Waals surface area contributed by atoms with Crippen LogP contribution in [0.25, 0.3) is 22.6 Å². The second-order valence-corrected chi connectivity index (χ2v) is 5.99. The van der Waals surface area contributed by atoms with E-state index in [1.807, 2.05) is 67.8 Å². The second kappa shape index (κ2) is 6.99. The van der Waals surface area contributed by atoms with Crippen molar-refractivity contribution in [1.29, 1.82) is 0 Å². The summed E-state index contributed by atoms with van der Waals surface area (Å²) in [4.78, 5) is 17.5. The number of aromatic nitrogens is 3. The van der Waals surface area contributed by atoms with Crippen LogP contribution >= 0.6 is 0 Å². The molecule has 0 saturated carbocycles. The smallest absolute Gasteiger partial charge is 0.298 e. The minimum absolute atomic E-state index is 0.192. The standard InChI is InChI=1S/C21H19N3O3/c1-3-27-17-9-7-15(8-10-17)19-14-23-11-12-24(21(25)20(23)22-19)16-5-4-6-18(13-16)26-2/h4-14H,3H2,1-2H3. The zero-order chi connectivity index (χ0) is 18.8. The fraction of sp³-hybridized carbons (Fsp3) is 0.143. The molecule has 2 aromatic heterocycles. The summed E-state index contributed by atoms with van der Waals surface area (Å²) in [6, 6.07) is 15.0. The van der Waals surface area contributed by atoms with E-state index in [0.717, 1.165) is 22.7 Å². The number of fused-ring (bicyclic) bond motifs is 1. The Bertz CT molecular complexity index is 1140. The summed E-state index contributed by atoms with van der Waals surface area (Å²) in [6.07, 6.45) is 5.40. The summed E-state index contributed by atoms with van der Waals surface area (Å²) in [5, 5.41) is 0. The van der Waals surface area contributed by atoms with Gasteiger partial charge in [0, 0.05) is 30.2 Å². The van der Waals surface area contributed by atoms with Crippen molar-refractivity contribution in [2.24, 2.45) is 0 Å². The van der Waals surface area contributed by atoms with Crippen LogP contribution in [0, 0.1) is 0 Å². The van der Waals surface area contributed by atoms with Crippen LogP contribution in [0.2, 0.25) is 0 Å². The van der Waals surface area contributed by atoms with E-state index in [1.54, 1.807) is 22.3 Å². The van der Waals surface area contributed by atoms with E-state index in [9.17, 15) is 4.79 Å². The van der Waals surface area contributed by atoms with Crippen molar-refractivity contribution in [3.05, 3.63) is 77.5 Å². The summed E-state index contributed by atoms with van der Waals surface area (Å²) >= 11 is 0. The number of methoxy groups -OCH3 is 1. The van der Waals surface area contributed by atoms with Crippen molar-refractivity contribution in [2.75, 3.05) is 13.7 Å². The number of benzene rings is 2. The fourth-order valence-corrected chi connectivity index (χ4v) is 2.97. The summed E-state index contributed by atoms with van der Waals surface area (Å²) in [7, 11) is 1.60. The number of hydrogen-bond acceptors (Lipinski definition) is 4. The molecule has 136 valence electrons. The highest BCUT2D eigenvalue weighted by atomic mass is 16.5. The van der Waals surface area contributed by atoms with Crippen LogP contribution in [0.15, 0.2) is 71.9 Å². The molecule has 0 fully saturated rings. The molecule has 0 spiro atoms. The molecule has 0 bridgehead atoms. The van der Waals surface area contributed by atoms with Crippen molar-refractivity contribution in [2.45, 2.75) is 6.92 Å². The van der Waals surface area contributed by atoms with Gasteiger partial charge in [0.05, 0.1) is 25.1 Å². The molecule has 0 aliphatic rings. The van der Waals surface area contributed by atoms with Gasteiger partial charge in [-0.1, -0.05) is 6.07 Å². The van der Waals surface area contributed by atoms with E-state index < -0.39 is 0 Å². The van der Waals surface area contributed by atoms with Crippen molar-refractivity contribution >= 4 is 5.65 Å². The molecule has 4 rings (SSSR count). The Morgan fingerprint density at radius 3 is 2.59 bits per heavy atom. The quantitative estimate of drug-likeness (QED) is 0.545. The van der Waals surface area contributed by atoms with Gasteiger partial charge in [0.25, 0.3) is 5.56 Å². The van der Waals surface area contributed by atoms with E-state index in [1.165, 1.54) is 0 Å². The van der Waals surface area contributed by atoms with Crippen LogP contribution < -0.4 is 15.0 Å². The first kappa shape index (κ1) is 16.9. The lowest BCUT2D eigenvalue weighted by atomic mass is 10.2. The second-order valence-electron chi connectivity index (χ2n) is 5.99. The Labute approximate surface area is 156 Å². The number of nitrogens with zero attached hydrogens (tertiary/aromatic N) is 3. The molecule has 0 aliphatic carbocycles. The normalized spacial score (nSPS) is 10.9. The Hall–Kier alpha value is -3.54. The average molecular weight is 361 g/mol. The maximum Gasteiger partial charge on any atom is 0.298 e. The van der Waals surface area contributed by atoms with Crippen molar-refractivity contribution < 1.29 is 9.47 Å². The third kappa shape index (κ3) is 3.17. The fourth-order valence-electron chi connectivity index (χ4n) is 2.97. The monoisotopic (exact) mass is 361 g/mol. The van der Waals surface area contributed by atoms with Crippen LogP contribution in [-0.4, -0.2) is 27.7 Å². The van der Waals surface area contributed by atoms with Gasteiger partial charge in [-0.05, 0) is 43.3 Å². The third-order valence-corrected chi connectivity index (χ3v) is 4.31. The molecule has 0 atom stereocenters. The van der Waals surface area contributed by atoms with Gasteiger partial charge in [0.15, 0.2) is 0 Å². The first-order valence-electron chi connectivity index (χ1n) is 8.67. The molecular weight excluding hydrogens is 342 g/mol. The zero-order valence-electron chi connectivity index (χ0n) is 15.1. The lowest BCUT2D eigenvalue weighted by Gasteiger charge is -2.07. The molecule has 4 aromatic rings. The van der Waals surface area contributed by atoms with E-state index in [2.05, 4.69) is 4.98 Å². The van der Waals surface area contributed by atoms with Crippen LogP contribution in [0.4, 0.5) is 0 Å². The molecule has 0 saturated heterocycles. The molecule has 0 aliphatic heterocycles. The molecule has 2 aromatic carbocycles. The molecular formula is C21H19N3O3. The predicted octanol–water partition coefficient (Wildman–Crippen LogP) is 3.56. The maximum absolute atomic E-state index is 12.9. The van der Waals surface area contributed by atoms with Crippen LogP contribution in [0.5, 0.6) is 11.5 Å². The molecule has 6 heteroatoms. The number of ether oxygens (including phenoxy) is 2. The lowest BCUT2D eigenvalue weighted by Crippen LogP contribution is -2.19. The SMILES string of the molecule is CCOc1ccc(-c2cn3ccn(-c4cccc(OC)c4)c(=O)c3n2)cc1. The van der Waals surface area contributed by atoms with E-state index in [4.69, 9.17) is 9.47 Å². The molecule has 0 N–H and O–H groups in total. The molecule has 2 heterocycles. The van der Waals surface area contributed by atoms with Gasteiger partial charge in [-0.3, -0.25) is 9.36 Å². The van der Waals surface area contributed by atoms with Crippen LogP contribution in [0.3, 0.4) is 0 Å². The topological polar surface area (TPSA) is 57.8 Å². The Balaban J connectivity index is 1.77. The highest BCUT2D eigenvalue weighted by molar-refractivity contribution is 5.63. The van der Waals surface area contributed by atoms with Gasteiger partial charge in [0.1, 0.15) is 11.5 Å². The summed E-state index contributed by atoms with van der Waals surface area (Å²) in [5.41, 5.74) is 2.56. The maximum atomic E-state index is 12.9. The number of rotatable bonds is 5. The van der Waals surface area contributed by atoms with E-state index in [0.29, 0.717) is 18.0 Å². The minimum atomic E-state index is -0.192. The highest BCUT2D eigenvalue weighted by Crippen LogP contribution is 2.22. The van der Waals surface area contributed by atoms with Crippen molar-refractivity contribution in [1.82, 2.24) is 14.0 Å². The summed E-state index contributed by atoms with van der Waals surface area (Å²) in [6.45, 7) is 2.57. The molecule has 0 unspecified atom stereocenters. The minimum Gasteiger partial charge on any atom is -0.497 e. The van der Waals surface area contributed by atoms with Gasteiger partial charge < -0.3 is 13.9 Å². The summed E-state index contributed by atoms with van der Waals surface area (Å²) < 4.78 is 14.0. The van der Waals surface area contributed by atoms with Gasteiger partial charge >= 0.3 is 0 Å². The Morgan fingerprint density at radius 1 is 1.04 bits per heavy atom. The first-order chi connectivity index (χ1) is 13.2. The van der Waals surface area contributed by atoms with Crippen LogP contribution in [0.1, 0.15) is 6.92 Å². The average Bonchev–Trinajstić information content (AvgIpc) is 3.14. The molecule has 0 radical (unpaired) electrons. The van der Waals surface area contributed by atoms with E-state index >= 15 is 0 Å². The lowest BCUT2D eigenvalue weighted by molar-refractivity contribution is 0.340. The van der Waals surface area contributed by atoms with Crippen molar-refractivity contribution in [3.63, 3.8) is 0 Å². The van der Waals surface area contributed by atoms with Gasteiger partial charge in [-0.25, -0.2) is 4.98 Å². The third-order valence-electron chi connectivity index (χ3n) is 4.31. The number of hydrogen-bond donors (Lipinski definition) is 0. The molecule has 0 amide bonds. The largest absolute Gasteiger partial charge is 0.497 e. The van der Waals surface area contributed by atoms with Crippen LogP contribution in [-0.2, 0) is 0 Å². The summed E-state index contributed by atoms with van der Waals surface area (Å²) in [5.74, 6) is 1.50. The number of imidazole rings is 1. The van der Waals surface area contributed by atoms with Crippen molar-refractivity contribution in [3.8, 4) is 28.4 Å². The van der Waals surface area contributed by atoms with E-state index in [-0.39, 0.29) is 5.56 Å². The molecule has 6 nitrogen and oxygen atoms in total. The first-order valence-corrected chi connectivity index (χ1v) is 8.67. The van der Waals surface area contributed by atoms with Gasteiger partial charge in [-0.2, -0.15) is 0 Å².